The molecule has 73 heavy (non-hydrogen) atoms. The van der Waals surface area contributed by atoms with Crippen LogP contribution in [0.2, 0.25) is 0 Å². The molecule has 2 fully saturated rings. The molecule has 0 radical (unpaired) electrons. The normalized spacial score (nSPS) is 24.5. The lowest BCUT2D eigenvalue weighted by molar-refractivity contribution is 0.195. The second-order valence-corrected chi connectivity index (χ2v) is 25.7. The van der Waals surface area contributed by atoms with Crippen LogP contribution < -0.4 is 31.1 Å². The summed E-state index contributed by atoms with van der Waals surface area (Å²) in [4.78, 5) is 8.54. The fraction of sp³-hybridized carbons (Fsp3) is 0.333. The van der Waals surface area contributed by atoms with Gasteiger partial charge in [-0.3, -0.25) is 0 Å². The van der Waals surface area contributed by atoms with E-state index in [9.17, 15) is 0 Å². The van der Waals surface area contributed by atoms with Gasteiger partial charge in [-0.15, -0.1) is 0 Å². The van der Waals surface area contributed by atoms with Crippen LogP contribution in [0.3, 0.4) is 0 Å². The predicted octanol–water partition coefficient (Wildman–Crippen LogP) is 16.2. The van der Waals surface area contributed by atoms with Crippen LogP contribution in [0, 0.1) is 0 Å². The van der Waals surface area contributed by atoms with Crippen LogP contribution in [-0.2, 0) is 21.7 Å². The van der Waals surface area contributed by atoms with Crippen molar-refractivity contribution in [3.05, 3.63) is 192 Å². The van der Waals surface area contributed by atoms with E-state index < -0.39 is 0 Å². The maximum Gasteiger partial charge on any atom is 0.252 e. The van der Waals surface area contributed by atoms with E-state index in [0.29, 0.717) is 0 Å². The third-order valence-electron chi connectivity index (χ3n) is 20.0. The average molecular weight is 952 g/mol. The van der Waals surface area contributed by atoms with Gasteiger partial charge in [0.2, 0.25) is 0 Å². The largest absolute Gasteiger partial charge is 0.335 e. The Kier molecular flexibility index (Phi) is 9.45. The van der Waals surface area contributed by atoms with Crippen molar-refractivity contribution in [3.63, 3.8) is 0 Å². The molecule has 8 aromatic carbocycles. The van der Waals surface area contributed by atoms with Crippen molar-refractivity contribution < 1.29 is 0 Å². The SMILES string of the molecule is CC(C)(C)c1ccc2c(c1)B1c3cccc4c3N(c3cc(N5c6ccccc6C6(c7ccccc7)CCCCC56C)cc(c31)N2c1ccc(C(C)(C)C)cc1-c1ccc2ccccc2c1)C1(C)CCCCC41C. The van der Waals surface area contributed by atoms with Gasteiger partial charge in [-0.1, -0.05) is 195 Å². The lowest BCUT2D eigenvalue weighted by atomic mass is 9.33. The monoisotopic (exact) mass is 952 g/mol. The summed E-state index contributed by atoms with van der Waals surface area (Å²) in [5.41, 5.74) is 22.8. The first-order valence-corrected chi connectivity index (χ1v) is 27.7. The van der Waals surface area contributed by atoms with Crippen molar-refractivity contribution in [1.29, 1.82) is 0 Å². The fourth-order valence-electron chi connectivity index (χ4n) is 16.0. The van der Waals surface area contributed by atoms with Crippen LogP contribution in [0.25, 0.3) is 21.9 Å². The Balaban J connectivity index is 1.12. The summed E-state index contributed by atoms with van der Waals surface area (Å²) >= 11 is 0. The van der Waals surface area contributed by atoms with Gasteiger partial charge in [0.05, 0.1) is 16.8 Å². The molecule has 0 saturated heterocycles. The summed E-state index contributed by atoms with van der Waals surface area (Å²) in [6.07, 6.45) is 9.54. The number of anilines is 7. The smallest absolute Gasteiger partial charge is 0.252 e. The van der Waals surface area contributed by atoms with Crippen molar-refractivity contribution in [3.8, 4) is 11.1 Å². The Morgan fingerprint density at radius 1 is 0.452 bits per heavy atom. The van der Waals surface area contributed by atoms with E-state index in [2.05, 4.69) is 241 Å². The molecule has 3 nitrogen and oxygen atoms in total. The number of nitrogens with zero attached hydrogens (tertiary/aromatic N) is 3. The molecule has 4 unspecified atom stereocenters. The maximum absolute atomic E-state index is 2.94. The minimum atomic E-state index is -0.216. The summed E-state index contributed by atoms with van der Waals surface area (Å²) in [7, 11) is 0. The quantitative estimate of drug-likeness (QED) is 0.163. The van der Waals surface area contributed by atoms with Crippen LogP contribution in [0.1, 0.15) is 141 Å². The van der Waals surface area contributed by atoms with Gasteiger partial charge in [-0.2, -0.15) is 0 Å². The molecule has 0 bridgehead atoms. The average Bonchev–Trinajstić information content (AvgIpc) is 3.77. The number of hydrogen-bond donors (Lipinski definition) is 0. The highest BCUT2D eigenvalue weighted by Gasteiger charge is 2.64. The van der Waals surface area contributed by atoms with Gasteiger partial charge < -0.3 is 14.7 Å². The van der Waals surface area contributed by atoms with Crippen LogP contribution in [0.15, 0.2) is 164 Å². The molecule has 4 heterocycles. The first-order valence-electron chi connectivity index (χ1n) is 27.7. The molecule has 0 spiro atoms. The maximum atomic E-state index is 2.94. The van der Waals surface area contributed by atoms with Crippen molar-refractivity contribution >= 4 is 73.7 Å². The van der Waals surface area contributed by atoms with Crippen molar-refractivity contribution in [2.75, 3.05) is 14.7 Å². The highest BCUT2D eigenvalue weighted by molar-refractivity contribution is 7.00. The Bertz CT molecular complexity index is 3600. The van der Waals surface area contributed by atoms with E-state index in [1.165, 1.54) is 132 Å². The minimum Gasteiger partial charge on any atom is -0.335 e. The van der Waals surface area contributed by atoms with E-state index in [-0.39, 0.29) is 39.5 Å². The number of rotatable bonds is 4. The van der Waals surface area contributed by atoms with Crippen LogP contribution in [0.5, 0.6) is 0 Å². The van der Waals surface area contributed by atoms with Crippen LogP contribution in [0.4, 0.5) is 39.8 Å². The van der Waals surface area contributed by atoms with Gasteiger partial charge in [0.15, 0.2) is 0 Å². The van der Waals surface area contributed by atoms with Gasteiger partial charge in [-0.25, -0.2) is 0 Å². The molecule has 2 aliphatic carbocycles. The lowest BCUT2D eigenvalue weighted by Gasteiger charge is -2.54. The Labute approximate surface area is 435 Å². The van der Waals surface area contributed by atoms with E-state index in [1.807, 2.05) is 0 Å². The van der Waals surface area contributed by atoms with Crippen LogP contribution >= 0.6 is 0 Å². The second kappa shape index (κ2) is 15.3. The zero-order valence-electron chi connectivity index (χ0n) is 44.7. The third kappa shape index (κ3) is 5.96. The molecule has 4 atom stereocenters. The molecule has 364 valence electrons. The first kappa shape index (κ1) is 45.1. The highest BCUT2D eigenvalue weighted by Crippen LogP contribution is 2.66. The summed E-state index contributed by atoms with van der Waals surface area (Å²) < 4.78 is 0. The minimum absolute atomic E-state index is 0.00679. The predicted molar refractivity (Wildman–Crippen MR) is 312 cm³/mol. The molecular weight excluding hydrogens is 882 g/mol. The first-order chi connectivity index (χ1) is 35.1. The summed E-state index contributed by atoms with van der Waals surface area (Å²) in [6.45, 7) is 22.2. The van der Waals surface area contributed by atoms with E-state index in [4.69, 9.17) is 0 Å². The molecule has 0 N–H and O–H groups in total. The number of benzene rings is 8. The lowest BCUT2D eigenvalue weighted by Crippen LogP contribution is -2.64. The third-order valence-corrected chi connectivity index (χ3v) is 20.0. The molecule has 4 aliphatic heterocycles. The highest BCUT2D eigenvalue weighted by atomic mass is 15.3. The van der Waals surface area contributed by atoms with Gasteiger partial charge in [-0.05, 0) is 153 Å². The van der Waals surface area contributed by atoms with Crippen molar-refractivity contribution in [1.82, 2.24) is 0 Å². The van der Waals surface area contributed by atoms with Crippen LogP contribution in [-0.4, -0.2) is 17.8 Å². The molecule has 14 rings (SSSR count). The molecule has 2 saturated carbocycles. The zero-order valence-corrected chi connectivity index (χ0v) is 44.7. The van der Waals surface area contributed by atoms with Gasteiger partial charge in [0, 0.05) is 50.5 Å². The van der Waals surface area contributed by atoms with Crippen molar-refractivity contribution in [2.24, 2.45) is 0 Å². The summed E-state index contributed by atoms with van der Waals surface area (Å²) in [6, 6.07) is 64.9. The number of hydrogen-bond acceptors (Lipinski definition) is 3. The Hall–Kier alpha value is -6.52. The van der Waals surface area contributed by atoms with Crippen molar-refractivity contribution in [2.45, 2.75) is 146 Å². The van der Waals surface area contributed by atoms with E-state index >= 15 is 0 Å². The molecule has 0 amide bonds. The molecule has 4 heteroatoms. The fourth-order valence-corrected chi connectivity index (χ4v) is 16.0. The summed E-state index contributed by atoms with van der Waals surface area (Å²) in [5, 5.41) is 2.53. The summed E-state index contributed by atoms with van der Waals surface area (Å²) in [5.74, 6) is 0. The molecule has 0 aromatic heterocycles. The van der Waals surface area contributed by atoms with E-state index in [0.717, 1.165) is 19.3 Å². The number of fused-ring (bicyclic) bond motifs is 11. The molecule has 8 aromatic rings. The Morgan fingerprint density at radius 3 is 1.88 bits per heavy atom. The topological polar surface area (TPSA) is 9.72 Å². The van der Waals surface area contributed by atoms with Gasteiger partial charge in [0.25, 0.3) is 6.71 Å². The van der Waals surface area contributed by atoms with Gasteiger partial charge >= 0.3 is 0 Å². The molecule has 6 aliphatic rings. The standard InChI is InChI=1S/C69H70BN3/c1-64(2,3)49-32-34-57(52(41-49)47-31-30-45-22-13-14-23-46(45)40-47)71-59-35-33-50(65(4,5)6)42-56(59)70-55-28-21-27-54-63(55)73(67(8)37-18-17-36-66(54,67)7)61-44-51(43-60(71)62(61)70)72-58-29-16-15-26-53(58)69(48-24-11-10-12-25-48)39-20-19-38-68(69,72)9/h10-16,21-35,40-44H,17-20,36-39H2,1-9H3. The Morgan fingerprint density at radius 2 is 1.10 bits per heavy atom. The van der Waals surface area contributed by atoms with Gasteiger partial charge in [0.1, 0.15) is 0 Å². The zero-order chi connectivity index (χ0) is 50.0. The van der Waals surface area contributed by atoms with E-state index in [1.54, 1.807) is 5.56 Å². The second-order valence-electron chi connectivity index (χ2n) is 25.7. The number of para-hydroxylation sites is 2. The molecular formula is C69H70BN3.